The Bertz CT molecular complexity index is 315. The Morgan fingerprint density at radius 3 is 2.79 bits per heavy atom. The zero-order chi connectivity index (χ0) is 10.6. The van der Waals surface area contributed by atoms with Crippen LogP contribution in [0.2, 0.25) is 0 Å². The molecule has 0 bridgehead atoms. The molecule has 0 saturated carbocycles. The second kappa shape index (κ2) is 4.75. The molecule has 0 saturated heterocycles. The lowest BCUT2D eigenvalue weighted by Gasteiger charge is -2.08. The van der Waals surface area contributed by atoms with Crippen LogP contribution in [-0.4, -0.2) is 35.6 Å². The maximum Gasteiger partial charge on any atom is 0.329 e. The van der Waals surface area contributed by atoms with Gasteiger partial charge in [-0.3, -0.25) is 0 Å². The van der Waals surface area contributed by atoms with Gasteiger partial charge in [0, 0.05) is 11.5 Å². The molecule has 6 nitrogen and oxygen atoms in total. The summed E-state index contributed by atoms with van der Waals surface area (Å²) in [6, 6.07) is -0.160. The molecule has 0 unspecified atom stereocenters. The highest BCUT2D eigenvalue weighted by molar-refractivity contribution is 7.09. The molecule has 0 radical (unpaired) electrons. The Labute approximate surface area is 85.4 Å². The molecule has 1 aromatic rings. The van der Waals surface area contributed by atoms with Crippen molar-refractivity contribution < 1.29 is 14.3 Å². The fourth-order valence-electron chi connectivity index (χ4n) is 0.772. The zero-order valence-electron chi connectivity index (χ0n) is 8.10. The Kier molecular flexibility index (Phi) is 3.63. The Morgan fingerprint density at radius 2 is 2.29 bits per heavy atom. The van der Waals surface area contributed by atoms with Crippen LogP contribution in [-0.2, 0) is 9.53 Å². The van der Waals surface area contributed by atoms with Gasteiger partial charge in [-0.1, -0.05) is 0 Å². The first-order valence-corrected chi connectivity index (χ1v) is 4.66. The number of ether oxygens (including phenoxy) is 2. The summed E-state index contributed by atoms with van der Waals surface area (Å²) < 4.78 is 13.2. The molecule has 0 aliphatic carbocycles. The monoisotopic (exact) mass is 217 g/mol. The van der Waals surface area contributed by atoms with Crippen LogP contribution in [0.5, 0.6) is 6.01 Å². The maximum atomic E-state index is 11.0. The number of rotatable bonds is 4. The summed E-state index contributed by atoms with van der Waals surface area (Å²) in [5.74, 6) is -0.348. The molecule has 1 heterocycles. The molecule has 1 N–H and O–H groups in total. The smallest absolute Gasteiger partial charge is 0.329 e. The van der Waals surface area contributed by atoms with Crippen LogP contribution in [0.3, 0.4) is 0 Å². The second-order valence-electron chi connectivity index (χ2n) is 2.48. The summed E-state index contributed by atoms with van der Waals surface area (Å²) in [6.07, 6.45) is 0. The van der Waals surface area contributed by atoms with E-state index in [1.165, 1.54) is 14.2 Å². The van der Waals surface area contributed by atoms with E-state index in [9.17, 15) is 4.79 Å². The molecule has 0 aliphatic rings. The molecule has 14 heavy (non-hydrogen) atoms. The van der Waals surface area contributed by atoms with Crippen LogP contribution in [0.1, 0.15) is 6.92 Å². The number of hydrogen-bond acceptors (Lipinski definition) is 7. The highest BCUT2D eigenvalue weighted by atomic mass is 32.1. The fraction of sp³-hybridized carbons (Fsp3) is 0.571. The first-order valence-electron chi connectivity index (χ1n) is 3.89. The molecule has 1 aromatic heterocycles. The molecule has 0 aromatic carbocycles. The van der Waals surface area contributed by atoms with Crippen LogP contribution in [0.4, 0.5) is 5.13 Å². The number of esters is 1. The Hall–Kier alpha value is -1.37. The van der Waals surface area contributed by atoms with Crippen molar-refractivity contribution in [3.63, 3.8) is 0 Å². The number of carbonyl (C=O) groups is 1. The number of hydrogen-bond donors (Lipinski definition) is 1. The van der Waals surface area contributed by atoms with Gasteiger partial charge >= 0.3 is 12.0 Å². The van der Waals surface area contributed by atoms with Crippen molar-refractivity contribution in [1.29, 1.82) is 0 Å². The van der Waals surface area contributed by atoms with E-state index in [2.05, 4.69) is 19.4 Å². The predicted octanol–water partition coefficient (Wildman–Crippen LogP) is 0.520. The van der Waals surface area contributed by atoms with Gasteiger partial charge in [-0.15, -0.1) is 4.37 Å². The Balaban J connectivity index is 2.55. The Morgan fingerprint density at radius 1 is 1.57 bits per heavy atom. The van der Waals surface area contributed by atoms with Crippen molar-refractivity contribution in [3.8, 4) is 6.01 Å². The van der Waals surface area contributed by atoms with E-state index in [0.717, 1.165) is 11.5 Å². The summed E-state index contributed by atoms with van der Waals surface area (Å²) in [4.78, 5) is 15.0. The molecular weight excluding hydrogens is 206 g/mol. The fourth-order valence-corrected chi connectivity index (χ4v) is 1.40. The standard InChI is InChI=1S/C7H11N3O3S/c1-4(5(11)12-2)8-7-9-6(13-3)10-14-7/h4H,1-3H3,(H,8,9,10)/t4-/m0/s1. The topological polar surface area (TPSA) is 73.3 Å². The first-order chi connectivity index (χ1) is 6.67. The van der Waals surface area contributed by atoms with Crippen LogP contribution >= 0.6 is 11.5 Å². The van der Waals surface area contributed by atoms with Crippen molar-refractivity contribution in [2.24, 2.45) is 0 Å². The normalized spacial score (nSPS) is 11.9. The van der Waals surface area contributed by atoms with Gasteiger partial charge in [-0.2, -0.15) is 4.98 Å². The quantitative estimate of drug-likeness (QED) is 0.741. The van der Waals surface area contributed by atoms with E-state index in [0.29, 0.717) is 5.13 Å². The molecule has 78 valence electrons. The average Bonchev–Trinajstić information content (AvgIpc) is 2.64. The van der Waals surface area contributed by atoms with Crippen LogP contribution < -0.4 is 10.1 Å². The molecule has 0 amide bonds. The van der Waals surface area contributed by atoms with Gasteiger partial charge in [0.05, 0.1) is 14.2 Å². The van der Waals surface area contributed by atoms with Gasteiger partial charge in [0.25, 0.3) is 0 Å². The number of methoxy groups -OCH3 is 2. The number of carbonyl (C=O) groups excluding carboxylic acids is 1. The molecule has 7 heteroatoms. The van der Waals surface area contributed by atoms with E-state index < -0.39 is 6.04 Å². The van der Waals surface area contributed by atoms with E-state index in [4.69, 9.17) is 4.74 Å². The van der Waals surface area contributed by atoms with Gasteiger partial charge in [-0.25, -0.2) is 4.79 Å². The van der Waals surface area contributed by atoms with Gasteiger partial charge < -0.3 is 14.8 Å². The third-order valence-corrected chi connectivity index (χ3v) is 2.11. The summed E-state index contributed by atoms with van der Waals surface area (Å²) >= 11 is 1.13. The molecule has 0 aliphatic heterocycles. The summed E-state index contributed by atoms with van der Waals surface area (Å²) in [6.45, 7) is 1.68. The van der Waals surface area contributed by atoms with Crippen LogP contribution in [0, 0.1) is 0 Å². The van der Waals surface area contributed by atoms with Crippen molar-refractivity contribution in [2.75, 3.05) is 19.5 Å². The van der Waals surface area contributed by atoms with Gasteiger partial charge in [0.2, 0.25) is 5.13 Å². The van der Waals surface area contributed by atoms with Crippen molar-refractivity contribution in [2.45, 2.75) is 13.0 Å². The first kappa shape index (κ1) is 10.7. The predicted molar refractivity (Wildman–Crippen MR) is 51.6 cm³/mol. The average molecular weight is 217 g/mol. The molecule has 0 fully saturated rings. The SMILES string of the molecule is COC(=O)[C@H](C)Nc1nc(OC)ns1. The lowest BCUT2D eigenvalue weighted by atomic mass is 10.3. The van der Waals surface area contributed by atoms with Crippen molar-refractivity contribution in [1.82, 2.24) is 9.36 Å². The largest absolute Gasteiger partial charge is 0.467 e. The zero-order valence-corrected chi connectivity index (χ0v) is 8.92. The van der Waals surface area contributed by atoms with Crippen molar-refractivity contribution >= 4 is 22.6 Å². The van der Waals surface area contributed by atoms with E-state index in [1.807, 2.05) is 0 Å². The van der Waals surface area contributed by atoms with Crippen LogP contribution in [0.15, 0.2) is 0 Å². The lowest BCUT2D eigenvalue weighted by molar-refractivity contribution is -0.141. The van der Waals surface area contributed by atoms with E-state index >= 15 is 0 Å². The van der Waals surface area contributed by atoms with E-state index in [1.54, 1.807) is 6.92 Å². The number of nitrogens with zero attached hydrogens (tertiary/aromatic N) is 2. The van der Waals surface area contributed by atoms with E-state index in [-0.39, 0.29) is 12.0 Å². The molecular formula is C7H11N3O3S. The highest BCUT2D eigenvalue weighted by Crippen LogP contribution is 2.16. The lowest BCUT2D eigenvalue weighted by Crippen LogP contribution is -2.26. The van der Waals surface area contributed by atoms with Crippen LogP contribution in [0.25, 0.3) is 0 Å². The highest BCUT2D eigenvalue weighted by Gasteiger charge is 2.14. The third-order valence-electron chi connectivity index (χ3n) is 1.48. The maximum absolute atomic E-state index is 11.0. The van der Waals surface area contributed by atoms with Gasteiger partial charge in [-0.05, 0) is 6.92 Å². The minimum Gasteiger partial charge on any atom is -0.467 e. The van der Waals surface area contributed by atoms with Gasteiger partial charge in [0.15, 0.2) is 0 Å². The summed E-state index contributed by atoms with van der Waals surface area (Å²) in [7, 11) is 2.82. The molecule has 1 atom stereocenters. The van der Waals surface area contributed by atoms with Crippen molar-refractivity contribution in [3.05, 3.63) is 0 Å². The number of nitrogens with one attached hydrogen (secondary N) is 1. The summed E-state index contributed by atoms with van der Waals surface area (Å²) in [5.41, 5.74) is 0. The molecule has 1 rings (SSSR count). The summed E-state index contributed by atoms with van der Waals surface area (Å²) in [5, 5.41) is 3.37. The molecule has 0 spiro atoms. The number of anilines is 1. The number of aromatic nitrogens is 2. The van der Waals surface area contributed by atoms with Gasteiger partial charge in [0.1, 0.15) is 6.04 Å². The minimum atomic E-state index is -0.447. The minimum absolute atomic E-state index is 0.287. The second-order valence-corrected chi connectivity index (χ2v) is 3.23. The third kappa shape index (κ3) is 2.56.